The van der Waals surface area contributed by atoms with Crippen LogP contribution in [0.4, 0.5) is 5.69 Å². The summed E-state index contributed by atoms with van der Waals surface area (Å²) in [5, 5.41) is 0.302. The van der Waals surface area contributed by atoms with E-state index in [0.717, 1.165) is 24.0 Å². The third-order valence-electron chi connectivity index (χ3n) is 5.23. The van der Waals surface area contributed by atoms with Crippen molar-refractivity contribution < 1.29 is 13.2 Å². The van der Waals surface area contributed by atoms with Gasteiger partial charge < -0.3 is 4.90 Å². The quantitative estimate of drug-likeness (QED) is 0.530. The Labute approximate surface area is 187 Å². The molecule has 0 heterocycles. The van der Waals surface area contributed by atoms with Crippen LogP contribution < -0.4 is 4.72 Å². The summed E-state index contributed by atoms with van der Waals surface area (Å²) < 4.78 is 28.2. The fourth-order valence-corrected chi connectivity index (χ4v) is 4.72. The third-order valence-corrected chi connectivity index (χ3v) is 6.92. The summed E-state index contributed by atoms with van der Waals surface area (Å²) in [7, 11) is -3.89. The fourth-order valence-electron chi connectivity index (χ4n) is 3.35. The van der Waals surface area contributed by atoms with Gasteiger partial charge >= 0.3 is 0 Å². The van der Waals surface area contributed by atoms with E-state index in [4.69, 9.17) is 11.6 Å². The molecule has 7 heteroatoms. The van der Waals surface area contributed by atoms with Gasteiger partial charge in [0.15, 0.2) is 0 Å². The van der Waals surface area contributed by atoms with E-state index in [0.29, 0.717) is 22.8 Å². The maximum absolute atomic E-state index is 13.3. The Morgan fingerprint density at radius 1 is 1.03 bits per heavy atom. The predicted molar refractivity (Wildman–Crippen MR) is 123 cm³/mol. The number of amides is 1. The largest absolute Gasteiger partial charge is 0.331 e. The Hall–Kier alpha value is -2.83. The summed E-state index contributed by atoms with van der Waals surface area (Å²) >= 11 is 6.08. The number of benzene rings is 3. The minimum Gasteiger partial charge on any atom is -0.331 e. The minimum atomic E-state index is -3.89. The summed E-state index contributed by atoms with van der Waals surface area (Å²) in [6.07, 6.45) is 1.92. The number of para-hydroxylation sites is 1. The van der Waals surface area contributed by atoms with Crippen LogP contribution in [0, 0.1) is 6.92 Å². The molecule has 0 unspecified atom stereocenters. The number of nitrogens with one attached hydrogen (secondary N) is 1. The lowest BCUT2D eigenvalue weighted by molar-refractivity contribution is 0.0729. The Morgan fingerprint density at radius 2 is 1.74 bits per heavy atom. The summed E-state index contributed by atoms with van der Waals surface area (Å²) in [5.74, 6) is -0.169. The van der Waals surface area contributed by atoms with Gasteiger partial charge in [0, 0.05) is 18.2 Å². The van der Waals surface area contributed by atoms with E-state index < -0.39 is 10.0 Å². The number of hydrogen-bond donors (Lipinski definition) is 1. The van der Waals surface area contributed by atoms with Crippen molar-refractivity contribution >= 4 is 33.2 Å². The number of carbonyl (C=O) groups excluding carboxylic acids is 1. The lowest BCUT2D eigenvalue weighted by Gasteiger charge is -2.23. The van der Waals surface area contributed by atoms with Crippen LogP contribution in [-0.2, 0) is 16.6 Å². The Morgan fingerprint density at radius 3 is 2.42 bits per heavy atom. The van der Waals surface area contributed by atoms with Gasteiger partial charge in [0.1, 0.15) is 0 Å². The maximum atomic E-state index is 13.3. The molecule has 0 radical (unpaired) electrons. The molecule has 1 fully saturated rings. The highest BCUT2D eigenvalue weighted by Gasteiger charge is 2.33. The van der Waals surface area contributed by atoms with E-state index in [1.807, 2.05) is 36.1 Å². The molecule has 0 aromatic heterocycles. The van der Waals surface area contributed by atoms with E-state index in [-0.39, 0.29) is 16.8 Å². The van der Waals surface area contributed by atoms with Crippen molar-refractivity contribution in [1.82, 2.24) is 4.90 Å². The molecule has 1 N–H and O–H groups in total. The lowest BCUT2D eigenvalue weighted by atomic mass is 10.1. The molecule has 1 amide bonds. The molecule has 0 aliphatic heterocycles. The van der Waals surface area contributed by atoms with Crippen molar-refractivity contribution in [2.24, 2.45) is 0 Å². The summed E-state index contributed by atoms with van der Waals surface area (Å²) in [4.78, 5) is 15.1. The van der Waals surface area contributed by atoms with Crippen LogP contribution in [-0.4, -0.2) is 25.3 Å². The van der Waals surface area contributed by atoms with E-state index in [9.17, 15) is 13.2 Å². The first-order chi connectivity index (χ1) is 14.8. The zero-order chi connectivity index (χ0) is 22.0. The zero-order valence-electron chi connectivity index (χ0n) is 17.1. The van der Waals surface area contributed by atoms with Crippen LogP contribution in [0.25, 0.3) is 0 Å². The van der Waals surface area contributed by atoms with Gasteiger partial charge in [0.05, 0.1) is 15.6 Å². The Bertz CT molecular complexity index is 1210. The zero-order valence-corrected chi connectivity index (χ0v) is 18.7. The van der Waals surface area contributed by atoms with Crippen molar-refractivity contribution in [3.63, 3.8) is 0 Å². The summed E-state index contributed by atoms with van der Waals surface area (Å²) in [5.41, 5.74) is 2.85. The molecule has 4 rings (SSSR count). The van der Waals surface area contributed by atoms with Crippen LogP contribution in [0.2, 0.25) is 5.02 Å². The van der Waals surface area contributed by atoms with Crippen molar-refractivity contribution in [1.29, 1.82) is 0 Å². The molecule has 0 saturated heterocycles. The summed E-state index contributed by atoms with van der Waals surface area (Å²) in [6.45, 7) is 2.52. The van der Waals surface area contributed by atoms with Crippen LogP contribution in [0.3, 0.4) is 0 Å². The minimum absolute atomic E-state index is 0.0179. The fraction of sp³-hybridized carbons (Fsp3) is 0.208. The second-order valence-electron chi connectivity index (χ2n) is 7.76. The van der Waals surface area contributed by atoms with Gasteiger partial charge in [-0.1, -0.05) is 59.6 Å². The highest BCUT2D eigenvalue weighted by molar-refractivity contribution is 7.92. The van der Waals surface area contributed by atoms with Crippen LogP contribution >= 0.6 is 11.6 Å². The second-order valence-corrected chi connectivity index (χ2v) is 9.85. The second kappa shape index (κ2) is 8.73. The van der Waals surface area contributed by atoms with Crippen LogP contribution in [0.5, 0.6) is 0 Å². The van der Waals surface area contributed by atoms with Crippen molar-refractivity contribution in [2.45, 2.75) is 37.2 Å². The van der Waals surface area contributed by atoms with Gasteiger partial charge in [-0.3, -0.25) is 9.52 Å². The molecular formula is C24H23ClN2O3S. The molecule has 3 aromatic carbocycles. The SMILES string of the molecule is Cc1ccc(CN(C(=O)c2cccc(S(=O)(=O)Nc3ccccc3Cl)c2)C2CC2)cc1. The predicted octanol–water partition coefficient (Wildman–Crippen LogP) is 5.25. The first-order valence-electron chi connectivity index (χ1n) is 10.1. The molecule has 3 aromatic rings. The van der Waals surface area contributed by atoms with Crippen molar-refractivity contribution in [3.05, 3.63) is 94.5 Å². The van der Waals surface area contributed by atoms with Gasteiger partial charge in [-0.15, -0.1) is 0 Å². The number of anilines is 1. The highest BCUT2D eigenvalue weighted by Crippen LogP contribution is 2.30. The third kappa shape index (κ3) is 5.09. The van der Waals surface area contributed by atoms with Crippen molar-refractivity contribution in [2.75, 3.05) is 4.72 Å². The Kier molecular flexibility index (Phi) is 6.03. The van der Waals surface area contributed by atoms with Gasteiger partial charge in [-0.05, 0) is 55.7 Å². The van der Waals surface area contributed by atoms with Gasteiger partial charge in [0.2, 0.25) is 0 Å². The van der Waals surface area contributed by atoms with Gasteiger partial charge in [-0.25, -0.2) is 8.42 Å². The normalized spacial score (nSPS) is 13.6. The molecule has 0 spiro atoms. The monoisotopic (exact) mass is 454 g/mol. The molecule has 5 nitrogen and oxygen atoms in total. The highest BCUT2D eigenvalue weighted by atomic mass is 35.5. The summed E-state index contributed by atoms with van der Waals surface area (Å²) in [6, 6.07) is 21.0. The average Bonchev–Trinajstić information content (AvgIpc) is 3.60. The smallest absolute Gasteiger partial charge is 0.261 e. The molecule has 1 saturated carbocycles. The lowest BCUT2D eigenvalue weighted by Crippen LogP contribution is -2.32. The van der Waals surface area contributed by atoms with Gasteiger partial charge in [-0.2, -0.15) is 0 Å². The molecule has 0 bridgehead atoms. The van der Waals surface area contributed by atoms with E-state index in [2.05, 4.69) is 4.72 Å². The van der Waals surface area contributed by atoms with Crippen LogP contribution in [0.15, 0.2) is 77.7 Å². The number of nitrogens with zero attached hydrogens (tertiary/aromatic N) is 1. The molecule has 1 aliphatic rings. The van der Waals surface area contributed by atoms with Crippen LogP contribution in [0.1, 0.15) is 34.3 Å². The van der Waals surface area contributed by atoms with E-state index >= 15 is 0 Å². The van der Waals surface area contributed by atoms with E-state index in [1.165, 1.54) is 12.1 Å². The first kappa shape index (κ1) is 21.4. The molecule has 160 valence electrons. The average molecular weight is 455 g/mol. The Balaban J connectivity index is 1.58. The van der Waals surface area contributed by atoms with Crippen molar-refractivity contribution in [3.8, 4) is 0 Å². The molecule has 1 aliphatic carbocycles. The number of halogens is 1. The number of aryl methyl sites for hydroxylation is 1. The van der Waals surface area contributed by atoms with Gasteiger partial charge in [0.25, 0.3) is 15.9 Å². The number of carbonyl (C=O) groups is 1. The molecular weight excluding hydrogens is 432 g/mol. The maximum Gasteiger partial charge on any atom is 0.261 e. The number of hydrogen-bond acceptors (Lipinski definition) is 3. The topological polar surface area (TPSA) is 66.5 Å². The first-order valence-corrected chi connectivity index (χ1v) is 11.9. The molecule has 31 heavy (non-hydrogen) atoms. The number of sulfonamides is 1. The number of rotatable bonds is 7. The standard InChI is InChI=1S/C24H23ClN2O3S/c1-17-9-11-18(12-10-17)16-27(20-13-14-20)24(28)19-5-4-6-21(15-19)31(29,30)26-23-8-3-2-7-22(23)25/h2-12,15,20,26H,13-14,16H2,1H3. The van der Waals surface area contributed by atoms with E-state index in [1.54, 1.807) is 36.4 Å². The molecule has 0 atom stereocenters.